The van der Waals surface area contributed by atoms with Crippen molar-refractivity contribution in [2.45, 2.75) is 6.42 Å². The zero-order chi connectivity index (χ0) is 13.1. The van der Waals surface area contributed by atoms with Crippen molar-refractivity contribution in [2.24, 2.45) is 0 Å². The number of ketones is 1. The number of carbonyl (C=O) groups excluding carboxylic acids is 1. The van der Waals surface area contributed by atoms with Gasteiger partial charge >= 0.3 is 0 Å². The molecule has 1 nitrogen and oxygen atoms in total. The summed E-state index contributed by atoms with van der Waals surface area (Å²) in [6.45, 7) is 0. The van der Waals surface area contributed by atoms with Gasteiger partial charge in [0.05, 0.1) is 0 Å². The lowest BCUT2D eigenvalue weighted by molar-refractivity contribution is 0.0991. The first kappa shape index (κ1) is 13.4. The molecule has 0 aliphatic carbocycles. The highest BCUT2D eigenvalue weighted by atomic mass is 79.9. The summed E-state index contributed by atoms with van der Waals surface area (Å²) in [5.41, 5.74) is 1.25. The number of hydrogen-bond acceptors (Lipinski definition) is 1. The zero-order valence-electron chi connectivity index (χ0n) is 9.29. The van der Waals surface area contributed by atoms with Gasteiger partial charge in [-0.25, -0.2) is 4.39 Å². The Bertz CT molecular complexity index is 596. The van der Waals surface area contributed by atoms with Gasteiger partial charge in [0.15, 0.2) is 5.78 Å². The van der Waals surface area contributed by atoms with Gasteiger partial charge in [-0.05, 0) is 29.8 Å². The Morgan fingerprint density at radius 2 is 1.78 bits per heavy atom. The largest absolute Gasteiger partial charge is 0.294 e. The van der Waals surface area contributed by atoms with Gasteiger partial charge in [-0.3, -0.25) is 4.79 Å². The lowest BCUT2D eigenvalue weighted by Gasteiger charge is -2.06. The van der Waals surface area contributed by atoms with Crippen molar-refractivity contribution in [3.05, 3.63) is 68.4 Å². The monoisotopic (exact) mass is 370 g/mol. The number of benzene rings is 2. The van der Waals surface area contributed by atoms with Gasteiger partial charge < -0.3 is 0 Å². The fourth-order valence-electron chi connectivity index (χ4n) is 1.62. The molecule has 0 aromatic heterocycles. The fourth-order valence-corrected chi connectivity index (χ4v) is 2.51. The molecule has 0 saturated carbocycles. The van der Waals surface area contributed by atoms with E-state index in [1.165, 1.54) is 12.1 Å². The third kappa shape index (κ3) is 3.06. The maximum Gasteiger partial charge on any atom is 0.168 e. The topological polar surface area (TPSA) is 17.1 Å². The molecule has 0 fully saturated rings. The SMILES string of the molecule is O=C(Cc1ccccc1Br)c1cc(F)ccc1Br. The maximum absolute atomic E-state index is 13.1. The van der Waals surface area contributed by atoms with Crippen molar-refractivity contribution in [3.8, 4) is 0 Å². The molecule has 0 bridgehead atoms. The molecule has 0 heterocycles. The van der Waals surface area contributed by atoms with Gasteiger partial charge in [0, 0.05) is 20.9 Å². The summed E-state index contributed by atoms with van der Waals surface area (Å²) in [6.07, 6.45) is 0.240. The third-order valence-corrected chi connectivity index (χ3v) is 4.00. The van der Waals surface area contributed by atoms with E-state index in [4.69, 9.17) is 0 Å². The highest BCUT2D eigenvalue weighted by Gasteiger charge is 2.13. The summed E-state index contributed by atoms with van der Waals surface area (Å²) < 4.78 is 14.6. The fraction of sp³-hybridized carbons (Fsp3) is 0.0714. The Balaban J connectivity index is 2.28. The first-order valence-electron chi connectivity index (χ1n) is 5.29. The molecule has 0 N–H and O–H groups in total. The Labute approximate surface area is 121 Å². The van der Waals surface area contributed by atoms with Crippen molar-refractivity contribution >= 4 is 37.6 Å². The lowest BCUT2D eigenvalue weighted by Crippen LogP contribution is -2.05. The van der Waals surface area contributed by atoms with Crippen LogP contribution in [0.15, 0.2) is 51.4 Å². The van der Waals surface area contributed by atoms with Crippen LogP contribution in [0.25, 0.3) is 0 Å². The summed E-state index contributed by atoms with van der Waals surface area (Å²) in [7, 11) is 0. The van der Waals surface area contributed by atoms with E-state index < -0.39 is 5.82 Å². The Morgan fingerprint density at radius 1 is 1.06 bits per heavy atom. The van der Waals surface area contributed by atoms with Gasteiger partial charge in [0.1, 0.15) is 5.82 Å². The number of hydrogen-bond donors (Lipinski definition) is 0. The van der Waals surface area contributed by atoms with Crippen molar-refractivity contribution in [1.82, 2.24) is 0 Å². The van der Waals surface area contributed by atoms with E-state index in [1.54, 1.807) is 6.07 Å². The minimum Gasteiger partial charge on any atom is -0.294 e. The number of Topliss-reactive ketones (excluding diaryl/α,β-unsaturated/α-hetero) is 1. The van der Waals surface area contributed by atoms with Crippen molar-refractivity contribution in [1.29, 1.82) is 0 Å². The molecule has 0 aliphatic rings. The summed E-state index contributed by atoms with van der Waals surface area (Å²) in [6, 6.07) is 11.6. The summed E-state index contributed by atoms with van der Waals surface area (Å²) in [5.74, 6) is -0.526. The average molecular weight is 372 g/mol. The van der Waals surface area contributed by atoms with Crippen LogP contribution in [0.2, 0.25) is 0 Å². The molecular formula is C14H9Br2FO. The quantitative estimate of drug-likeness (QED) is 0.710. The van der Waals surface area contributed by atoms with Gasteiger partial charge in [-0.1, -0.05) is 50.1 Å². The highest BCUT2D eigenvalue weighted by molar-refractivity contribution is 9.10. The smallest absolute Gasteiger partial charge is 0.168 e. The molecule has 0 saturated heterocycles. The van der Waals surface area contributed by atoms with Crippen LogP contribution in [-0.2, 0) is 6.42 Å². The van der Waals surface area contributed by atoms with E-state index in [-0.39, 0.29) is 12.2 Å². The Hall–Kier alpha value is -1.00. The second kappa shape index (κ2) is 5.76. The first-order valence-corrected chi connectivity index (χ1v) is 6.88. The number of rotatable bonds is 3. The van der Waals surface area contributed by atoms with Crippen LogP contribution >= 0.6 is 31.9 Å². The number of carbonyl (C=O) groups is 1. The Morgan fingerprint density at radius 3 is 2.50 bits per heavy atom. The van der Waals surface area contributed by atoms with Gasteiger partial charge in [-0.2, -0.15) is 0 Å². The van der Waals surface area contributed by atoms with Crippen molar-refractivity contribution < 1.29 is 9.18 Å². The molecular weight excluding hydrogens is 363 g/mol. The van der Waals surface area contributed by atoms with Crippen LogP contribution in [0.4, 0.5) is 4.39 Å². The lowest BCUT2D eigenvalue weighted by atomic mass is 10.0. The predicted octanol–water partition coefficient (Wildman–Crippen LogP) is 4.78. The number of halogens is 3. The van der Waals surface area contributed by atoms with Crippen LogP contribution in [-0.4, -0.2) is 5.78 Å². The second-order valence-corrected chi connectivity index (χ2v) is 5.52. The third-order valence-electron chi connectivity index (χ3n) is 2.54. The molecule has 2 aromatic carbocycles. The standard InChI is InChI=1S/C14H9Br2FO/c15-12-4-2-1-3-9(12)7-14(18)11-8-10(17)5-6-13(11)16/h1-6,8H,7H2. The zero-order valence-corrected chi connectivity index (χ0v) is 12.5. The summed E-state index contributed by atoms with van der Waals surface area (Å²) in [4.78, 5) is 12.1. The maximum atomic E-state index is 13.1. The van der Waals surface area contributed by atoms with Crippen LogP contribution in [0.5, 0.6) is 0 Å². The first-order chi connectivity index (χ1) is 8.58. The highest BCUT2D eigenvalue weighted by Crippen LogP contribution is 2.22. The Kier molecular flexibility index (Phi) is 4.30. The van der Waals surface area contributed by atoms with E-state index >= 15 is 0 Å². The predicted molar refractivity (Wildman–Crippen MR) is 76.3 cm³/mol. The molecule has 0 aliphatic heterocycles. The van der Waals surface area contributed by atoms with Crippen LogP contribution in [0, 0.1) is 5.82 Å². The second-order valence-electron chi connectivity index (χ2n) is 3.82. The van der Waals surface area contributed by atoms with Crippen molar-refractivity contribution in [3.63, 3.8) is 0 Å². The van der Waals surface area contributed by atoms with Crippen LogP contribution in [0.1, 0.15) is 15.9 Å². The van der Waals surface area contributed by atoms with Gasteiger partial charge in [-0.15, -0.1) is 0 Å². The summed E-state index contributed by atoms with van der Waals surface area (Å²) in [5, 5.41) is 0. The minimum atomic E-state index is -0.409. The molecule has 92 valence electrons. The molecule has 18 heavy (non-hydrogen) atoms. The van der Waals surface area contributed by atoms with Gasteiger partial charge in [0.25, 0.3) is 0 Å². The molecule has 0 spiro atoms. The minimum absolute atomic E-state index is 0.117. The van der Waals surface area contributed by atoms with E-state index in [0.717, 1.165) is 10.0 Å². The molecule has 0 radical (unpaired) electrons. The van der Waals surface area contributed by atoms with E-state index in [2.05, 4.69) is 31.9 Å². The summed E-state index contributed by atoms with van der Waals surface area (Å²) >= 11 is 6.66. The molecule has 4 heteroatoms. The molecule has 0 atom stereocenters. The van der Waals surface area contributed by atoms with Crippen LogP contribution in [0.3, 0.4) is 0 Å². The molecule has 0 unspecified atom stereocenters. The van der Waals surface area contributed by atoms with Gasteiger partial charge in [0.2, 0.25) is 0 Å². The molecule has 2 rings (SSSR count). The van der Waals surface area contributed by atoms with E-state index in [9.17, 15) is 9.18 Å². The van der Waals surface area contributed by atoms with Crippen LogP contribution < -0.4 is 0 Å². The van der Waals surface area contributed by atoms with E-state index in [0.29, 0.717) is 10.0 Å². The molecule has 2 aromatic rings. The normalized spacial score (nSPS) is 10.4. The van der Waals surface area contributed by atoms with E-state index in [1.807, 2.05) is 24.3 Å². The molecule has 0 amide bonds. The average Bonchev–Trinajstić information content (AvgIpc) is 2.35. The van der Waals surface area contributed by atoms with Crippen molar-refractivity contribution in [2.75, 3.05) is 0 Å².